The second-order valence-corrected chi connectivity index (χ2v) is 18.9. The molecule has 362 valence electrons. The van der Waals surface area contributed by atoms with Gasteiger partial charge in [-0.2, -0.15) is 0 Å². The van der Waals surface area contributed by atoms with Gasteiger partial charge in [0.2, 0.25) is 0 Å². The topological polar surface area (TPSA) is 118 Å². The fraction of sp³-hybridized carbons (Fsp3) is 0.226. The van der Waals surface area contributed by atoms with E-state index in [1.807, 2.05) is 48.5 Å². The normalized spacial score (nSPS) is 12.9. The highest BCUT2D eigenvalue weighted by atomic mass is 28.2. The zero-order chi connectivity index (χ0) is 49.5. The van der Waals surface area contributed by atoms with Crippen molar-refractivity contribution < 1.29 is 39.4 Å². The Morgan fingerprint density at radius 1 is 0.310 bits per heavy atom. The molecule has 8 aromatic carbocycles. The molecule has 0 saturated carbocycles. The van der Waals surface area contributed by atoms with Crippen molar-refractivity contribution in [3.63, 3.8) is 0 Å². The van der Waals surface area contributed by atoms with Gasteiger partial charge in [-0.25, -0.2) is 0 Å². The molecule has 71 heavy (non-hydrogen) atoms. The number of hydrogen-bond acceptors (Lipinski definition) is 8. The Morgan fingerprint density at radius 2 is 0.521 bits per heavy atom. The maximum Gasteiger partial charge on any atom is 0.119 e. The largest absolute Gasteiger partial charge is 0.491 e. The van der Waals surface area contributed by atoms with Crippen LogP contribution in [0.3, 0.4) is 0 Å². The van der Waals surface area contributed by atoms with Gasteiger partial charge in [0.1, 0.15) is 49.4 Å². The summed E-state index contributed by atoms with van der Waals surface area (Å²) in [6.45, 7) is 5.46. The van der Waals surface area contributed by atoms with Crippen molar-refractivity contribution in [3.05, 3.63) is 239 Å². The van der Waals surface area contributed by atoms with E-state index < -0.39 is 10.8 Å². The summed E-state index contributed by atoms with van der Waals surface area (Å²) >= 11 is 0. The summed E-state index contributed by atoms with van der Waals surface area (Å²) < 4.78 is 22.5. The van der Waals surface area contributed by atoms with Crippen molar-refractivity contribution in [1.82, 2.24) is 0 Å². The van der Waals surface area contributed by atoms with Crippen molar-refractivity contribution in [3.8, 4) is 45.3 Å². The second-order valence-electron chi connectivity index (χ2n) is 17.0. The molecule has 4 N–H and O–H groups in total. The summed E-state index contributed by atoms with van der Waals surface area (Å²) in [6.07, 6.45) is 0. The molecule has 10 rings (SSSR count). The Hall–Kier alpha value is -6.98. The van der Waals surface area contributed by atoms with E-state index in [2.05, 4.69) is 159 Å². The average Bonchev–Trinajstić information content (AvgIpc) is 3.91. The Kier molecular flexibility index (Phi) is 17.2. The van der Waals surface area contributed by atoms with Crippen LogP contribution in [0.15, 0.2) is 194 Å². The van der Waals surface area contributed by atoms with E-state index in [-0.39, 0.29) is 52.9 Å². The van der Waals surface area contributed by atoms with Crippen molar-refractivity contribution in [1.29, 1.82) is 0 Å². The Balaban J connectivity index is 0.000000174. The third-order valence-corrected chi connectivity index (χ3v) is 14.0. The minimum atomic E-state index is -0.488. The monoisotopic (exact) mass is 962 g/mol. The number of aliphatic hydroxyl groups excluding tert-OH is 4. The van der Waals surface area contributed by atoms with Crippen LogP contribution < -0.4 is 18.9 Å². The van der Waals surface area contributed by atoms with Crippen LogP contribution in [0.4, 0.5) is 0 Å². The summed E-state index contributed by atoms with van der Waals surface area (Å²) in [4.78, 5) is 0. The van der Waals surface area contributed by atoms with Gasteiger partial charge in [-0.3, -0.25) is 0 Å². The molecule has 0 spiro atoms. The number of rotatable bonds is 18. The van der Waals surface area contributed by atoms with E-state index in [9.17, 15) is 0 Å². The minimum absolute atomic E-state index is 0.0167. The zero-order valence-electron chi connectivity index (χ0n) is 40.5. The van der Waals surface area contributed by atoms with Gasteiger partial charge in [0.05, 0.1) is 37.3 Å². The molecule has 0 aromatic heterocycles. The Morgan fingerprint density at radius 3 is 0.704 bits per heavy atom. The number of aliphatic hydroxyl groups is 4. The second kappa shape index (κ2) is 24.2. The molecular formula is C62H62O8Si. The number of benzene rings is 8. The quantitative estimate of drug-likeness (QED) is 0.0628. The van der Waals surface area contributed by atoms with Crippen LogP contribution in [0.25, 0.3) is 22.3 Å². The predicted molar refractivity (Wildman–Crippen MR) is 285 cm³/mol. The lowest BCUT2D eigenvalue weighted by atomic mass is 9.68. The first-order valence-corrected chi connectivity index (χ1v) is 25.9. The van der Waals surface area contributed by atoms with E-state index in [0.29, 0.717) is 0 Å². The summed E-state index contributed by atoms with van der Waals surface area (Å²) in [6, 6.07) is 69.7. The molecule has 0 bridgehead atoms. The summed E-state index contributed by atoms with van der Waals surface area (Å²) in [5.41, 5.74) is 13.4. The molecule has 8 aromatic rings. The first-order chi connectivity index (χ1) is 35.0. The van der Waals surface area contributed by atoms with Crippen LogP contribution in [0.2, 0.25) is 12.1 Å². The highest BCUT2D eigenvalue weighted by Crippen LogP contribution is 2.57. The first kappa shape index (κ1) is 50.4. The van der Waals surface area contributed by atoms with Crippen LogP contribution >= 0.6 is 0 Å². The standard InChI is InChI=1S/2C29H26O4.C4H10Si/c2*30-17-19-32-23-13-9-21(10-14-23)29(22-11-15-24(16-12-22)33-20-18-31)27-7-3-1-5-25(27)26-6-2-4-8-28(26)29;1-3-5-4-2/h2*1-16,30-31H,17-20H2;3-4H2,1-2H3. The van der Waals surface area contributed by atoms with E-state index >= 15 is 0 Å². The molecule has 0 atom stereocenters. The van der Waals surface area contributed by atoms with Crippen LogP contribution in [0.5, 0.6) is 23.0 Å². The molecule has 8 nitrogen and oxygen atoms in total. The Labute approximate surface area is 420 Å². The van der Waals surface area contributed by atoms with Gasteiger partial charge in [-0.15, -0.1) is 0 Å². The van der Waals surface area contributed by atoms with Gasteiger partial charge in [-0.05, 0) is 115 Å². The van der Waals surface area contributed by atoms with Crippen LogP contribution in [0.1, 0.15) is 58.4 Å². The lowest BCUT2D eigenvalue weighted by Gasteiger charge is -2.34. The van der Waals surface area contributed by atoms with Gasteiger partial charge < -0.3 is 39.4 Å². The van der Waals surface area contributed by atoms with Crippen LogP contribution in [-0.4, -0.2) is 82.8 Å². The van der Waals surface area contributed by atoms with Crippen molar-refractivity contribution in [2.24, 2.45) is 0 Å². The molecule has 0 saturated heterocycles. The third-order valence-electron chi connectivity index (χ3n) is 13.0. The molecule has 0 heterocycles. The first-order valence-electron chi connectivity index (χ1n) is 24.5. The number of fused-ring (bicyclic) bond motifs is 6. The van der Waals surface area contributed by atoms with Gasteiger partial charge in [0.25, 0.3) is 0 Å². The molecule has 9 heteroatoms. The molecule has 0 fully saturated rings. The molecule has 2 aliphatic rings. The SMILES string of the molecule is CC[Si]CC.OCCOc1ccc(C2(c3ccc(OCCO)cc3)c3ccccc3-c3ccccc32)cc1.OCCOc1ccc(C2(c3ccc(OCCO)cc3)c3ccccc3-c3ccccc32)cc1. The van der Waals surface area contributed by atoms with Crippen molar-refractivity contribution in [2.75, 3.05) is 52.9 Å². The predicted octanol–water partition coefficient (Wildman–Crippen LogP) is 11.2. The Bertz CT molecular complexity index is 2520. The average molecular weight is 963 g/mol. The minimum Gasteiger partial charge on any atom is -0.491 e. The maximum absolute atomic E-state index is 9.09. The molecule has 0 amide bonds. The van der Waals surface area contributed by atoms with Gasteiger partial charge >= 0.3 is 0 Å². The van der Waals surface area contributed by atoms with Gasteiger partial charge in [0.15, 0.2) is 0 Å². The van der Waals surface area contributed by atoms with E-state index in [1.165, 1.54) is 66.1 Å². The highest BCUT2D eigenvalue weighted by Gasteiger charge is 2.47. The van der Waals surface area contributed by atoms with E-state index in [4.69, 9.17) is 39.4 Å². The molecule has 0 aliphatic heterocycles. The molecule has 0 unspecified atom stereocenters. The van der Waals surface area contributed by atoms with Crippen molar-refractivity contribution in [2.45, 2.75) is 36.8 Å². The summed E-state index contributed by atoms with van der Waals surface area (Å²) in [5, 5.41) is 36.4. The van der Waals surface area contributed by atoms with Gasteiger partial charge in [0, 0.05) is 9.52 Å². The van der Waals surface area contributed by atoms with Crippen LogP contribution in [-0.2, 0) is 10.8 Å². The molecule has 2 radical (unpaired) electrons. The highest BCUT2D eigenvalue weighted by molar-refractivity contribution is 6.34. The van der Waals surface area contributed by atoms with E-state index in [1.54, 1.807) is 0 Å². The fourth-order valence-electron chi connectivity index (χ4n) is 10.2. The van der Waals surface area contributed by atoms with E-state index in [0.717, 1.165) is 45.3 Å². The molecule has 2 aliphatic carbocycles. The van der Waals surface area contributed by atoms with Gasteiger partial charge in [-0.1, -0.05) is 172 Å². The smallest absolute Gasteiger partial charge is 0.119 e. The lowest BCUT2D eigenvalue weighted by molar-refractivity contribution is 0.201. The maximum atomic E-state index is 9.09. The van der Waals surface area contributed by atoms with Crippen molar-refractivity contribution >= 4 is 9.52 Å². The number of hydrogen-bond donors (Lipinski definition) is 4. The third kappa shape index (κ3) is 10.3. The summed E-state index contributed by atoms with van der Waals surface area (Å²) in [7, 11) is 1.20. The molecular weight excluding hydrogens is 901 g/mol. The number of ether oxygens (including phenoxy) is 4. The summed E-state index contributed by atoms with van der Waals surface area (Å²) in [5.74, 6) is 2.93. The lowest BCUT2D eigenvalue weighted by Crippen LogP contribution is -2.28. The fourth-order valence-corrected chi connectivity index (χ4v) is 10.7. The zero-order valence-corrected chi connectivity index (χ0v) is 41.5. The van der Waals surface area contributed by atoms with Crippen LogP contribution in [0, 0.1) is 0 Å².